The SMILES string of the molecule is Cc1cc(C)cc(-n2nc3c(c2N)CN(C(=O)OC(C)(C)C)CC3)c1. The first-order chi connectivity index (χ1) is 11.6. The van der Waals surface area contributed by atoms with Gasteiger partial charge in [0.25, 0.3) is 0 Å². The third-order valence-electron chi connectivity index (χ3n) is 4.18. The van der Waals surface area contributed by atoms with Crippen molar-refractivity contribution in [2.45, 2.75) is 53.2 Å². The molecule has 1 aromatic carbocycles. The van der Waals surface area contributed by atoms with Gasteiger partial charge in [-0.05, 0) is 57.9 Å². The van der Waals surface area contributed by atoms with Crippen molar-refractivity contribution in [3.63, 3.8) is 0 Å². The molecule has 0 bridgehead atoms. The molecule has 0 fully saturated rings. The smallest absolute Gasteiger partial charge is 0.410 e. The van der Waals surface area contributed by atoms with Crippen molar-refractivity contribution >= 4 is 11.9 Å². The number of aromatic nitrogens is 2. The van der Waals surface area contributed by atoms with E-state index in [1.165, 1.54) is 11.1 Å². The number of benzene rings is 1. The lowest BCUT2D eigenvalue weighted by atomic mass is 10.1. The van der Waals surface area contributed by atoms with Crippen LogP contribution in [0.2, 0.25) is 0 Å². The molecule has 134 valence electrons. The Balaban J connectivity index is 1.89. The second kappa shape index (κ2) is 6.10. The van der Waals surface area contributed by atoms with E-state index < -0.39 is 5.60 Å². The van der Waals surface area contributed by atoms with E-state index in [2.05, 4.69) is 37.1 Å². The van der Waals surface area contributed by atoms with E-state index in [9.17, 15) is 4.79 Å². The van der Waals surface area contributed by atoms with Gasteiger partial charge in [0.2, 0.25) is 0 Å². The van der Waals surface area contributed by atoms with Crippen LogP contribution >= 0.6 is 0 Å². The van der Waals surface area contributed by atoms with Crippen molar-refractivity contribution in [3.05, 3.63) is 40.6 Å². The first-order valence-electron chi connectivity index (χ1n) is 8.57. The zero-order chi connectivity index (χ0) is 18.4. The van der Waals surface area contributed by atoms with Crippen molar-refractivity contribution in [1.82, 2.24) is 14.7 Å². The predicted octanol–water partition coefficient (Wildman–Crippen LogP) is 3.36. The molecule has 0 saturated carbocycles. The van der Waals surface area contributed by atoms with Crippen LogP contribution in [0.25, 0.3) is 5.69 Å². The van der Waals surface area contributed by atoms with Crippen LogP contribution in [-0.4, -0.2) is 32.9 Å². The van der Waals surface area contributed by atoms with Crippen LogP contribution in [-0.2, 0) is 17.7 Å². The molecule has 6 nitrogen and oxygen atoms in total. The van der Waals surface area contributed by atoms with Crippen LogP contribution in [0.3, 0.4) is 0 Å². The van der Waals surface area contributed by atoms with E-state index in [0.29, 0.717) is 25.3 Å². The molecule has 2 N–H and O–H groups in total. The number of nitrogens with two attached hydrogens (primary N) is 1. The van der Waals surface area contributed by atoms with Crippen LogP contribution in [0.5, 0.6) is 0 Å². The molecule has 2 aromatic rings. The summed E-state index contributed by atoms with van der Waals surface area (Å²) in [6.07, 6.45) is 0.369. The molecule has 1 aliphatic heterocycles. The number of hydrogen-bond acceptors (Lipinski definition) is 4. The van der Waals surface area contributed by atoms with Crippen LogP contribution in [0.15, 0.2) is 18.2 Å². The van der Waals surface area contributed by atoms with Gasteiger partial charge < -0.3 is 15.4 Å². The van der Waals surface area contributed by atoms with Gasteiger partial charge in [-0.3, -0.25) is 0 Å². The number of rotatable bonds is 1. The number of fused-ring (bicyclic) bond motifs is 1. The molecular formula is C19H26N4O2. The number of anilines is 1. The first kappa shape index (κ1) is 17.3. The van der Waals surface area contributed by atoms with Crippen LogP contribution < -0.4 is 5.73 Å². The summed E-state index contributed by atoms with van der Waals surface area (Å²) in [6, 6.07) is 6.24. The molecule has 3 rings (SSSR count). The molecule has 1 aromatic heterocycles. The summed E-state index contributed by atoms with van der Waals surface area (Å²) in [7, 11) is 0. The zero-order valence-corrected chi connectivity index (χ0v) is 15.6. The van der Waals surface area contributed by atoms with Crippen molar-refractivity contribution in [3.8, 4) is 5.69 Å². The number of amides is 1. The topological polar surface area (TPSA) is 73.4 Å². The molecule has 0 saturated heterocycles. The molecule has 25 heavy (non-hydrogen) atoms. The van der Waals surface area contributed by atoms with Crippen molar-refractivity contribution < 1.29 is 9.53 Å². The third kappa shape index (κ3) is 3.62. The van der Waals surface area contributed by atoms with Gasteiger partial charge in [-0.25, -0.2) is 9.48 Å². The van der Waals surface area contributed by atoms with E-state index in [-0.39, 0.29) is 6.09 Å². The highest BCUT2D eigenvalue weighted by Crippen LogP contribution is 2.28. The van der Waals surface area contributed by atoms with E-state index in [1.807, 2.05) is 20.8 Å². The summed E-state index contributed by atoms with van der Waals surface area (Å²) in [5, 5.41) is 4.68. The zero-order valence-electron chi connectivity index (χ0n) is 15.6. The third-order valence-corrected chi connectivity index (χ3v) is 4.18. The van der Waals surface area contributed by atoms with Crippen molar-refractivity contribution in [1.29, 1.82) is 0 Å². The Bertz CT molecular complexity index is 797. The van der Waals surface area contributed by atoms with Gasteiger partial charge in [0.1, 0.15) is 11.4 Å². The largest absolute Gasteiger partial charge is 0.444 e. The highest BCUT2D eigenvalue weighted by Gasteiger charge is 2.29. The van der Waals surface area contributed by atoms with Crippen molar-refractivity contribution in [2.75, 3.05) is 12.3 Å². The number of aryl methyl sites for hydroxylation is 2. The fraction of sp³-hybridized carbons (Fsp3) is 0.474. The van der Waals surface area contributed by atoms with Gasteiger partial charge in [-0.2, -0.15) is 5.10 Å². The molecule has 0 unspecified atom stereocenters. The molecule has 1 amide bonds. The summed E-state index contributed by atoms with van der Waals surface area (Å²) in [5.74, 6) is 0.591. The maximum absolute atomic E-state index is 12.3. The number of carbonyl (C=O) groups is 1. The van der Waals surface area contributed by atoms with E-state index in [0.717, 1.165) is 16.9 Å². The number of hydrogen-bond donors (Lipinski definition) is 1. The predicted molar refractivity (Wildman–Crippen MR) is 97.8 cm³/mol. The summed E-state index contributed by atoms with van der Waals surface area (Å²) in [6.45, 7) is 10.7. The van der Waals surface area contributed by atoms with Gasteiger partial charge in [0.05, 0.1) is 17.9 Å². The first-order valence-corrected chi connectivity index (χ1v) is 8.57. The van der Waals surface area contributed by atoms with Gasteiger partial charge in [0, 0.05) is 18.5 Å². The molecule has 0 aliphatic carbocycles. The Kier molecular flexibility index (Phi) is 4.22. The normalized spacial score (nSPS) is 14.4. The average molecular weight is 342 g/mol. The number of ether oxygens (including phenoxy) is 1. The monoisotopic (exact) mass is 342 g/mol. The molecule has 0 atom stereocenters. The van der Waals surface area contributed by atoms with Gasteiger partial charge >= 0.3 is 6.09 Å². The lowest BCUT2D eigenvalue weighted by Crippen LogP contribution is -2.39. The molecule has 0 spiro atoms. The minimum atomic E-state index is -0.508. The van der Waals surface area contributed by atoms with E-state index in [4.69, 9.17) is 10.5 Å². The van der Waals surface area contributed by atoms with Gasteiger partial charge in [-0.15, -0.1) is 0 Å². The maximum atomic E-state index is 12.3. The number of nitrogens with zero attached hydrogens (tertiary/aromatic N) is 3. The Labute approximate surface area is 148 Å². The fourth-order valence-corrected chi connectivity index (χ4v) is 3.15. The summed E-state index contributed by atoms with van der Waals surface area (Å²) >= 11 is 0. The van der Waals surface area contributed by atoms with Crippen LogP contribution in [0.1, 0.15) is 43.2 Å². The molecule has 1 aliphatic rings. The van der Waals surface area contributed by atoms with Gasteiger partial charge in [0.15, 0.2) is 0 Å². The highest BCUT2D eigenvalue weighted by molar-refractivity contribution is 5.69. The van der Waals surface area contributed by atoms with Gasteiger partial charge in [-0.1, -0.05) is 6.07 Å². The second-order valence-corrected chi connectivity index (χ2v) is 7.72. The summed E-state index contributed by atoms with van der Waals surface area (Å²) < 4.78 is 7.25. The Morgan fingerprint density at radius 2 is 1.84 bits per heavy atom. The lowest BCUT2D eigenvalue weighted by molar-refractivity contribution is 0.0224. The Morgan fingerprint density at radius 1 is 1.20 bits per heavy atom. The quantitative estimate of drug-likeness (QED) is 0.862. The standard InChI is InChI=1S/C19H26N4O2/c1-12-8-13(2)10-14(9-12)23-17(20)15-11-22(7-6-16(15)21-23)18(24)25-19(3,4)5/h8-10H,6-7,11,20H2,1-5H3. The lowest BCUT2D eigenvalue weighted by Gasteiger charge is -2.29. The van der Waals surface area contributed by atoms with Crippen LogP contribution in [0, 0.1) is 13.8 Å². The molecule has 2 heterocycles. The summed E-state index contributed by atoms with van der Waals surface area (Å²) in [5.41, 5.74) is 11.0. The average Bonchev–Trinajstić information content (AvgIpc) is 2.81. The number of nitrogen functional groups attached to an aromatic ring is 1. The molecule has 0 radical (unpaired) electrons. The second-order valence-electron chi connectivity index (χ2n) is 7.72. The summed E-state index contributed by atoms with van der Waals surface area (Å²) in [4.78, 5) is 14.0. The highest BCUT2D eigenvalue weighted by atomic mass is 16.6. The Hall–Kier alpha value is -2.50. The molecular weight excluding hydrogens is 316 g/mol. The van der Waals surface area contributed by atoms with E-state index >= 15 is 0 Å². The maximum Gasteiger partial charge on any atom is 0.410 e. The fourth-order valence-electron chi connectivity index (χ4n) is 3.15. The van der Waals surface area contributed by atoms with Crippen molar-refractivity contribution in [2.24, 2.45) is 0 Å². The Morgan fingerprint density at radius 3 is 2.44 bits per heavy atom. The van der Waals surface area contributed by atoms with Crippen LogP contribution in [0.4, 0.5) is 10.6 Å². The minimum absolute atomic E-state index is 0.309. The van der Waals surface area contributed by atoms with E-state index in [1.54, 1.807) is 9.58 Å². The molecule has 6 heteroatoms. The number of carbonyl (C=O) groups excluding carboxylic acids is 1. The minimum Gasteiger partial charge on any atom is -0.444 e.